The number of aryl methyl sites for hydroxylation is 1. The van der Waals surface area contributed by atoms with Crippen molar-refractivity contribution in [2.75, 3.05) is 17.4 Å². The lowest BCUT2D eigenvalue weighted by molar-refractivity contribution is 0.102. The first-order chi connectivity index (χ1) is 13.6. The van der Waals surface area contributed by atoms with Crippen LogP contribution in [0, 0.1) is 12.7 Å². The molecule has 0 unspecified atom stereocenters. The van der Waals surface area contributed by atoms with Gasteiger partial charge in [-0.15, -0.1) is 0 Å². The maximum Gasteiger partial charge on any atom is 0.274 e. The van der Waals surface area contributed by atoms with Gasteiger partial charge in [-0.3, -0.25) is 4.79 Å². The van der Waals surface area contributed by atoms with E-state index in [1.807, 2.05) is 0 Å². The van der Waals surface area contributed by atoms with Crippen LogP contribution in [0.4, 0.5) is 16.0 Å². The van der Waals surface area contributed by atoms with Gasteiger partial charge in [-0.25, -0.2) is 14.4 Å². The number of rotatable bonds is 5. The van der Waals surface area contributed by atoms with E-state index in [1.54, 1.807) is 43.3 Å². The number of aromatic nitrogens is 2. The lowest BCUT2D eigenvalue weighted by Gasteiger charge is -2.09. The van der Waals surface area contributed by atoms with Crippen LogP contribution in [0.15, 0.2) is 48.5 Å². The highest BCUT2D eigenvalue weighted by Crippen LogP contribution is 2.34. The van der Waals surface area contributed by atoms with Gasteiger partial charge in [-0.05, 0) is 42.8 Å². The van der Waals surface area contributed by atoms with Crippen molar-refractivity contribution in [1.29, 1.82) is 0 Å². The fourth-order valence-electron chi connectivity index (χ4n) is 2.72. The Morgan fingerprint density at radius 1 is 1.07 bits per heavy atom. The largest absolute Gasteiger partial charge is 0.454 e. The molecule has 2 N–H and O–H groups in total. The van der Waals surface area contributed by atoms with Gasteiger partial charge in [0.05, 0.1) is 0 Å². The van der Waals surface area contributed by atoms with E-state index in [-0.39, 0.29) is 24.2 Å². The fraction of sp³-hybridized carbons (Fsp3) is 0.150. The summed E-state index contributed by atoms with van der Waals surface area (Å²) in [6, 6.07) is 12.9. The van der Waals surface area contributed by atoms with Gasteiger partial charge in [-0.2, -0.15) is 0 Å². The van der Waals surface area contributed by atoms with E-state index in [9.17, 15) is 9.18 Å². The van der Waals surface area contributed by atoms with Crippen LogP contribution in [0.1, 0.15) is 21.7 Å². The first-order valence-corrected chi connectivity index (χ1v) is 8.62. The van der Waals surface area contributed by atoms with Crippen molar-refractivity contribution in [3.05, 3.63) is 71.3 Å². The molecule has 0 atom stereocenters. The molecule has 0 radical (unpaired) electrons. The molecule has 0 spiro atoms. The molecular formula is C20H17FN4O3. The van der Waals surface area contributed by atoms with Crippen LogP contribution in [-0.4, -0.2) is 22.7 Å². The molecule has 7 nitrogen and oxygen atoms in total. The number of hydrogen-bond donors (Lipinski definition) is 2. The minimum Gasteiger partial charge on any atom is -0.454 e. The van der Waals surface area contributed by atoms with E-state index in [0.717, 1.165) is 5.56 Å². The average Bonchev–Trinajstić information content (AvgIpc) is 3.15. The second kappa shape index (κ2) is 7.51. The molecule has 0 aliphatic carbocycles. The van der Waals surface area contributed by atoms with Gasteiger partial charge in [0.1, 0.15) is 11.5 Å². The van der Waals surface area contributed by atoms with Gasteiger partial charge >= 0.3 is 0 Å². The first-order valence-electron chi connectivity index (χ1n) is 8.62. The summed E-state index contributed by atoms with van der Waals surface area (Å²) in [5.74, 6) is 0.883. The molecule has 0 bridgehead atoms. The molecule has 4 rings (SSSR count). The van der Waals surface area contributed by atoms with Crippen molar-refractivity contribution < 1.29 is 18.7 Å². The normalized spacial score (nSPS) is 11.9. The molecule has 1 amide bonds. The standard InChI is InChI=1S/C20H17FN4O3/c1-12-8-16(19(26)24-15-6-7-17-18(9-15)28-11-27-17)25-20(23-12)22-10-13-2-4-14(21)5-3-13/h2-9H,10-11H2,1H3,(H,24,26)(H,22,23,25). The summed E-state index contributed by atoms with van der Waals surface area (Å²) in [7, 11) is 0. The van der Waals surface area contributed by atoms with E-state index >= 15 is 0 Å². The predicted molar refractivity (Wildman–Crippen MR) is 101 cm³/mol. The first kappa shape index (κ1) is 17.7. The van der Waals surface area contributed by atoms with Crippen molar-refractivity contribution in [2.45, 2.75) is 13.5 Å². The molecule has 0 fully saturated rings. The van der Waals surface area contributed by atoms with Crippen molar-refractivity contribution in [3.63, 3.8) is 0 Å². The number of halogens is 1. The summed E-state index contributed by atoms with van der Waals surface area (Å²) in [6.07, 6.45) is 0. The molecule has 1 aliphatic heterocycles. The Morgan fingerprint density at radius 3 is 2.68 bits per heavy atom. The maximum absolute atomic E-state index is 13.0. The van der Waals surface area contributed by atoms with Crippen molar-refractivity contribution in [1.82, 2.24) is 9.97 Å². The minimum absolute atomic E-state index is 0.168. The number of nitrogens with one attached hydrogen (secondary N) is 2. The molecular weight excluding hydrogens is 363 g/mol. The Kier molecular flexibility index (Phi) is 4.76. The Bertz CT molecular complexity index is 1020. The quantitative estimate of drug-likeness (QED) is 0.705. The van der Waals surface area contributed by atoms with E-state index in [0.29, 0.717) is 35.4 Å². The summed E-state index contributed by atoms with van der Waals surface area (Å²) < 4.78 is 23.6. The molecule has 3 aromatic rings. The van der Waals surface area contributed by atoms with Gasteiger partial charge in [0.2, 0.25) is 12.7 Å². The van der Waals surface area contributed by atoms with E-state index in [2.05, 4.69) is 20.6 Å². The number of carbonyl (C=O) groups excluding carboxylic acids is 1. The van der Waals surface area contributed by atoms with Crippen LogP contribution in [-0.2, 0) is 6.54 Å². The summed E-state index contributed by atoms with van der Waals surface area (Å²) in [5, 5.41) is 5.84. The summed E-state index contributed by atoms with van der Waals surface area (Å²) in [5.41, 5.74) is 2.32. The van der Waals surface area contributed by atoms with E-state index in [1.165, 1.54) is 12.1 Å². The molecule has 8 heteroatoms. The second-order valence-electron chi connectivity index (χ2n) is 6.22. The highest BCUT2D eigenvalue weighted by Gasteiger charge is 2.16. The van der Waals surface area contributed by atoms with Gasteiger partial charge in [-0.1, -0.05) is 12.1 Å². The van der Waals surface area contributed by atoms with Crippen molar-refractivity contribution in [3.8, 4) is 11.5 Å². The predicted octanol–water partition coefficient (Wildman–Crippen LogP) is 3.52. The number of amides is 1. The lowest BCUT2D eigenvalue weighted by atomic mass is 10.2. The summed E-state index contributed by atoms with van der Waals surface area (Å²) in [6.45, 7) is 2.36. The molecule has 2 heterocycles. The van der Waals surface area contributed by atoms with E-state index < -0.39 is 0 Å². The smallest absolute Gasteiger partial charge is 0.274 e. The van der Waals surface area contributed by atoms with Gasteiger partial charge in [0.25, 0.3) is 5.91 Å². The minimum atomic E-state index is -0.366. The zero-order valence-corrected chi connectivity index (χ0v) is 15.0. The van der Waals surface area contributed by atoms with Crippen LogP contribution in [0.5, 0.6) is 11.5 Å². The summed E-state index contributed by atoms with van der Waals surface area (Å²) >= 11 is 0. The molecule has 0 saturated heterocycles. The molecule has 2 aromatic carbocycles. The number of anilines is 2. The van der Waals surface area contributed by atoms with Gasteiger partial charge < -0.3 is 20.1 Å². The van der Waals surface area contributed by atoms with Gasteiger partial charge in [0, 0.05) is 24.0 Å². The highest BCUT2D eigenvalue weighted by atomic mass is 19.1. The second-order valence-corrected chi connectivity index (χ2v) is 6.22. The van der Waals surface area contributed by atoms with Crippen molar-refractivity contribution >= 4 is 17.5 Å². The number of benzene rings is 2. The SMILES string of the molecule is Cc1cc(C(=O)Nc2ccc3c(c2)OCO3)nc(NCc2ccc(F)cc2)n1. The van der Waals surface area contributed by atoms with Crippen LogP contribution in [0.25, 0.3) is 0 Å². The van der Waals surface area contributed by atoms with Crippen LogP contribution in [0.3, 0.4) is 0 Å². The number of carbonyl (C=O) groups is 1. The fourth-order valence-corrected chi connectivity index (χ4v) is 2.72. The van der Waals surface area contributed by atoms with Gasteiger partial charge in [0.15, 0.2) is 11.5 Å². The number of fused-ring (bicyclic) bond motifs is 1. The Hall–Kier alpha value is -3.68. The van der Waals surface area contributed by atoms with Crippen LogP contribution >= 0.6 is 0 Å². The van der Waals surface area contributed by atoms with E-state index in [4.69, 9.17) is 9.47 Å². The van der Waals surface area contributed by atoms with Crippen LogP contribution < -0.4 is 20.1 Å². The number of nitrogens with zero attached hydrogens (tertiary/aromatic N) is 2. The third-order valence-corrected chi connectivity index (χ3v) is 4.08. The molecule has 1 aromatic heterocycles. The third-order valence-electron chi connectivity index (χ3n) is 4.08. The number of ether oxygens (including phenoxy) is 2. The average molecular weight is 380 g/mol. The third kappa shape index (κ3) is 4.01. The topological polar surface area (TPSA) is 85.4 Å². The number of hydrogen-bond acceptors (Lipinski definition) is 6. The van der Waals surface area contributed by atoms with Crippen molar-refractivity contribution in [2.24, 2.45) is 0 Å². The Labute approximate surface area is 160 Å². The summed E-state index contributed by atoms with van der Waals surface area (Å²) in [4.78, 5) is 21.1. The molecule has 0 saturated carbocycles. The molecule has 142 valence electrons. The molecule has 28 heavy (non-hydrogen) atoms. The lowest BCUT2D eigenvalue weighted by Crippen LogP contribution is -2.16. The van der Waals surface area contributed by atoms with Crippen LogP contribution in [0.2, 0.25) is 0 Å². The zero-order chi connectivity index (χ0) is 19.5. The zero-order valence-electron chi connectivity index (χ0n) is 15.0. The Morgan fingerprint density at radius 2 is 1.86 bits per heavy atom. The molecule has 1 aliphatic rings. The maximum atomic E-state index is 13.0. The monoisotopic (exact) mass is 380 g/mol. The highest BCUT2D eigenvalue weighted by molar-refractivity contribution is 6.03. The Balaban J connectivity index is 1.46.